The molecule has 0 amide bonds. The van der Waals surface area contributed by atoms with Gasteiger partial charge in [0.15, 0.2) is 11.6 Å². The molecule has 5 nitrogen and oxygen atoms in total. The van der Waals surface area contributed by atoms with Crippen molar-refractivity contribution in [3.8, 4) is 0 Å². The summed E-state index contributed by atoms with van der Waals surface area (Å²) in [6, 6.07) is 7.56. The fourth-order valence-electron chi connectivity index (χ4n) is 2.73. The third-order valence-electron chi connectivity index (χ3n) is 3.80. The lowest BCUT2D eigenvalue weighted by Gasteiger charge is -2.38. The highest BCUT2D eigenvalue weighted by atomic mass is 16.5. The highest BCUT2D eigenvalue weighted by molar-refractivity contribution is 6.05. The molecular formula is C17H19N3O2. The van der Waals surface area contributed by atoms with Crippen LogP contribution in [0.4, 0.5) is 5.82 Å². The average Bonchev–Trinajstić information content (AvgIpc) is 2.91. The SMILES string of the molecule is Cc1cc(N2CC(=Cc3ccccn3)C(=O)C(C)(C)C2)no1. The van der Waals surface area contributed by atoms with Crippen LogP contribution in [0.2, 0.25) is 0 Å². The summed E-state index contributed by atoms with van der Waals surface area (Å²) in [4.78, 5) is 19.0. The molecule has 3 rings (SSSR count). The summed E-state index contributed by atoms with van der Waals surface area (Å²) in [6.07, 6.45) is 3.59. The van der Waals surface area contributed by atoms with Crippen LogP contribution in [0.5, 0.6) is 0 Å². The number of hydrogen-bond acceptors (Lipinski definition) is 5. The highest BCUT2D eigenvalue weighted by Crippen LogP contribution is 2.32. The van der Waals surface area contributed by atoms with E-state index in [1.54, 1.807) is 6.20 Å². The van der Waals surface area contributed by atoms with Crippen molar-refractivity contribution in [2.45, 2.75) is 20.8 Å². The third-order valence-corrected chi connectivity index (χ3v) is 3.80. The summed E-state index contributed by atoms with van der Waals surface area (Å²) in [5.74, 6) is 1.69. The Morgan fingerprint density at radius 1 is 1.36 bits per heavy atom. The number of aryl methyl sites for hydroxylation is 1. The van der Waals surface area contributed by atoms with E-state index in [0.717, 1.165) is 22.8 Å². The molecule has 3 heterocycles. The van der Waals surface area contributed by atoms with Crippen LogP contribution in [0.25, 0.3) is 6.08 Å². The number of nitrogens with zero attached hydrogens (tertiary/aromatic N) is 3. The van der Waals surface area contributed by atoms with Crippen LogP contribution in [0.3, 0.4) is 0 Å². The van der Waals surface area contributed by atoms with Crippen LogP contribution >= 0.6 is 0 Å². The van der Waals surface area contributed by atoms with Crippen LogP contribution in [0.1, 0.15) is 25.3 Å². The topological polar surface area (TPSA) is 59.2 Å². The summed E-state index contributed by atoms with van der Waals surface area (Å²) < 4.78 is 5.16. The van der Waals surface area contributed by atoms with Crippen molar-refractivity contribution >= 4 is 17.7 Å². The lowest BCUT2D eigenvalue weighted by Crippen LogP contribution is -2.48. The van der Waals surface area contributed by atoms with Gasteiger partial charge in [-0.2, -0.15) is 0 Å². The molecule has 2 aromatic rings. The van der Waals surface area contributed by atoms with Gasteiger partial charge in [-0.05, 0) is 25.1 Å². The summed E-state index contributed by atoms with van der Waals surface area (Å²) >= 11 is 0. The Kier molecular flexibility index (Phi) is 3.56. The first-order chi connectivity index (χ1) is 10.5. The van der Waals surface area contributed by atoms with Crippen LogP contribution in [-0.4, -0.2) is 29.0 Å². The molecule has 0 aliphatic carbocycles. The minimum Gasteiger partial charge on any atom is -0.360 e. The average molecular weight is 297 g/mol. The quantitative estimate of drug-likeness (QED) is 0.798. The fourth-order valence-corrected chi connectivity index (χ4v) is 2.73. The molecule has 114 valence electrons. The van der Waals surface area contributed by atoms with Crippen molar-refractivity contribution in [3.63, 3.8) is 0 Å². The van der Waals surface area contributed by atoms with Crippen LogP contribution < -0.4 is 4.90 Å². The second kappa shape index (κ2) is 5.40. The molecule has 0 unspecified atom stereocenters. The number of piperidine rings is 1. The van der Waals surface area contributed by atoms with E-state index in [9.17, 15) is 4.79 Å². The van der Waals surface area contributed by atoms with Crippen molar-refractivity contribution < 1.29 is 9.32 Å². The minimum atomic E-state index is -0.467. The van der Waals surface area contributed by atoms with Crippen molar-refractivity contribution in [2.24, 2.45) is 5.41 Å². The molecule has 0 N–H and O–H groups in total. The van der Waals surface area contributed by atoms with Gasteiger partial charge in [-0.25, -0.2) is 0 Å². The number of Topliss-reactive ketones (excluding diaryl/α,β-unsaturated/α-hetero) is 1. The van der Waals surface area contributed by atoms with Crippen molar-refractivity contribution in [3.05, 3.63) is 47.5 Å². The maximum atomic E-state index is 12.7. The van der Waals surface area contributed by atoms with E-state index >= 15 is 0 Å². The number of anilines is 1. The van der Waals surface area contributed by atoms with Gasteiger partial charge in [0.2, 0.25) is 0 Å². The largest absolute Gasteiger partial charge is 0.360 e. The minimum absolute atomic E-state index is 0.162. The zero-order valence-corrected chi connectivity index (χ0v) is 13.0. The van der Waals surface area contributed by atoms with E-state index < -0.39 is 5.41 Å². The van der Waals surface area contributed by atoms with Gasteiger partial charge in [0.25, 0.3) is 0 Å². The van der Waals surface area contributed by atoms with Gasteiger partial charge >= 0.3 is 0 Å². The molecule has 0 bridgehead atoms. The number of carbonyl (C=O) groups is 1. The summed E-state index contributed by atoms with van der Waals surface area (Å²) in [5.41, 5.74) is 1.07. The van der Waals surface area contributed by atoms with Crippen LogP contribution in [0, 0.1) is 12.3 Å². The Balaban J connectivity index is 1.95. The molecule has 0 saturated carbocycles. The molecule has 1 fully saturated rings. The van der Waals surface area contributed by atoms with Gasteiger partial charge < -0.3 is 9.42 Å². The summed E-state index contributed by atoms with van der Waals surface area (Å²) in [7, 11) is 0. The second-order valence-corrected chi connectivity index (χ2v) is 6.29. The number of aromatic nitrogens is 2. The summed E-state index contributed by atoms with van der Waals surface area (Å²) in [5, 5.41) is 4.07. The molecule has 0 radical (unpaired) electrons. The first-order valence-electron chi connectivity index (χ1n) is 7.30. The predicted octanol–water partition coefficient (Wildman–Crippen LogP) is 2.88. The van der Waals surface area contributed by atoms with Crippen molar-refractivity contribution in [1.82, 2.24) is 10.1 Å². The highest BCUT2D eigenvalue weighted by Gasteiger charge is 2.38. The number of pyridine rings is 1. The van der Waals surface area contributed by atoms with E-state index in [-0.39, 0.29) is 5.78 Å². The molecule has 1 aliphatic heterocycles. The number of ketones is 1. The molecule has 1 aliphatic rings. The van der Waals surface area contributed by atoms with Gasteiger partial charge in [0.1, 0.15) is 5.76 Å². The zero-order chi connectivity index (χ0) is 15.7. The number of rotatable bonds is 2. The molecule has 0 atom stereocenters. The normalized spacial score (nSPS) is 19.7. The molecule has 22 heavy (non-hydrogen) atoms. The lowest BCUT2D eigenvalue weighted by atomic mass is 9.80. The van der Waals surface area contributed by atoms with Crippen LogP contribution in [0.15, 0.2) is 40.6 Å². The first kappa shape index (κ1) is 14.5. The maximum absolute atomic E-state index is 12.7. The van der Waals surface area contributed by atoms with Gasteiger partial charge in [0, 0.05) is 36.3 Å². The van der Waals surface area contributed by atoms with Gasteiger partial charge in [0.05, 0.1) is 5.69 Å². The van der Waals surface area contributed by atoms with E-state index in [1.807, 2.05) is 51.1 Å². The molecular weight excluding hydrogens is 278 g/mol. The molecule has 5 heteroatoms. The Hall–Kier alpha value is -2.43. The smallest absolute Gasteiger partial charge is 0.172 e. The fraction of sp³-hybridized carbons (Fsp3) is 0.353. The molecule has 0 aromatic carbocycles. The van der Waals surface area contributed by atoms with Crippen molar-refractivity contribution in [2.75, 3.05) is 18.0 Å². The maximum Gasteiger partial charge on any atom is 0.172 e. The van der Waals surface area contributed by atoms with Crippen LogP contribution in [-0.2, 0) is 4.79 Å². The van der Waals surface area contributed by atoms with Gasteiger partial charge in [-0.1, -0.05) is 25.1 Å². The lowest BCUT2D eigenvalue weighted by molar-refractivity contribution is -0.123. The molecule has 0 spiro atoms. The second-order valence-electron chi connectivity index (χ2n) is 6.29. The summed E-state index contributed by atoms with van der Waals surface area (Å²) in [6.45, 7) is 6.92. The van der Waals surface area contributed by atoms with E-state index in [0.29, 0.717) is 13.1 Å². The predicted molar refractivity (Wildman–Crippen MR) is 84.5 cm³/mol. The molecule has 1 saturated heterocycles. The Labute approximate surface area is 129 Å². The monoisotopic (exact) mass is 297 g/mol. The first-order valence-corrected chi connectivity index (χ1v) is 7.30. The Morgan fingerprint density at radius 2 is 2.18 bits per heavy atom. The zero-order valence-electron chi connectivity index (χ0n) is 13.0. The van der Waals surface area contributed by atoms with E-state index in [1.165, 1.54) is 0 Å². The van der Waals surface area contributed by atoms with E-state index in [2.05, 4.69) is 15.0 Å². The molecule has 2 aromatic heterocycles. The third kappa shape index (κ3) is 2.79. The van der Waals surface area contributed by atoms with Gasteiger partial charge in [-0.15, -0.1) is 0 Å². The Bertz CT molecular complexity index is 717. The standard InChI is InChI=1S/C17H19N3O2/c1-12-8-15(19-22-12)20-10-13(16(21)17(2,3)11-20)9-14-6-4-5-7-18-14/h4-9H,10-11H2,1-3H3. The van der Waals surface area contributed by atoms with E-state index in [4.69, 9.17) is 4.52 Å². The van der Waals surface area contributed by atoms with Gasteiger partial charge in [-0.3, -0.25) is 9.78 Å². The van der Waals surface area contributed by atoms with Crippen molar-refractivity contribution in [1.29, 1.82) is 0 Å². The number of carbonyl (C=O) groups excluding carboxylic acids is 1. The number of hydrogen-bond donors (Lipinski definition) is 0. The Morgan fingerprint density at radius 3 is 2.82 bits per heavy atom.